The molecule has 0 saturated heterocycles. The molecule has 0 radical (unpaired) electrons. The molecule has 6 nitrogen and oxygen atoms in total. The first-order valence-electron chi connectivity index (χ1n) is 7.76. The van der Waals surface area contributed by atoms with Crippen molar-refractivity contribution in [2.75, 3.05) is 25.3 Å². The first-order chi connectivity index (χ1) is 12.2. The van der Waals surface area contributed by atoms with E-state index < -0.39 is 12.6 Å². The fourth-order valence-electron chi connectivity index (χ4n) is 2.09. The number of hydrogen-bond donors (Lipinski definition) is 1. The minimum absolute atomic E-state index is 0.0735. The van der Waals surface area contributed by atoms with Crippen LogP contribution in [0.15, 0.2) is 58.9 Å². The zero-order chi connectivity index (χ0) is 18.1. The van der Waals surface area contributed by atoms with Crippen LogP contribution in [-0.4, -0.2) is 31.6 Å². The molecule has 0 atom stereocenters. The molecular formula is C18H18FN3O3. The number of halogens is 1. The highest BCUT2D eigenvalue weighted by molar-refractivity contribution is 6.13. The van der Waals surface area contributed by atoms with Gasteiger partial charge in [0.15, 0.2) is 5.78 Å². The van der Waals surface area contributed by atoms with E-state index in [0.29, 0.717) is 11.3 Å². The number of hydrogen-bond acceptors (Lipinski definition) is 5. The molecule has 7 heteroatoms. The van der Waals surface area contributed by atoms with Crippen LogP contribution in [0.4, 0.5) is 10.1 Å². The van der Waals surface area contributed by atoms with Gasteiger partial charge < -0.3 is 4.74 Å². The molecule has 0 heterocycles. The van der Waals surface area contributed by atoms with Crippen LogP contribution in [0.3, 0.4) is 0 Å². The summed E-state index contributed by atoms with van der Waals surface area (Å²) >= 11 is 0. The van der Waals surface area contributed by atoms with E-state index in [0.717, 1.165) is 0 Å². The Labute approximate surface area is 144 Å². The summed E-state index contributed by atoms with van der Waals surface area (Å²) in [5.41, 5.74) is 3.95. The third-order valence-corrected chi connectivity index (χ3v) is 3.24. The summed E-state index contributed by atoms with van der Waals surface area (Å²) in [5.74, 6) is -0.801. The van der Waals surface area contributed by atoms with Crippen molar-refractivity contribution < 1.29 is 18.7 Å². The summed E-state index contributed by atoms with van der Waals surface area (Å²) in [5, 5.41) is 7.23. The predicted octanol–water partition coefficient (Wildman–Crippen LogP) is 3.84. The standard InChI is InChI=1S/C18H18FN3O3/c1-2-25-18(24)14-8-9-16(21-22-20-11-10-19)15(12-14)17(23)13-6-4-3-5-7-13/h3-9,12H,2,10-11H2,1H3,(H,20,21). The van der Waals surface area contributed by atoms with Gasteiger partial charge in [0.05, 0.1) is 24.4 Å². The van der Waals surface area contributed by atoms with Crippen LogP contribution >= 0.6 is 0 Å². The van der Waals surface area contributed by atoms with Crippen molar-refractivity contribution in [3.05, 3.63) is 65.2 Å². The van der Waals surface area contributed by atoms with E-state index in [1.54, 1.807) is 37.3 Å². The lowest BCUT2D eigenvalue weighted by Crippen LogP contribution is -2.10. The number of alkyl halides is 1. The fourth-order valence-corrected chi connectivity index (χ4v) is 2.09. The van der Waals surface area contributed by atoms with Crippen LogP contribution in [0.2, 0.25) is 0 Å². The van der Waals surface area contributed by atoms with Crippen molar-refractivity contribution in [1.82, 2.24) is 0 Å². The zero-order valence-electron chi connectivity index (χ0n) is 13.7. The second-order valence-corrected chi connectivity index (χ2v) is 4.94. The molecule has 2 rings (SSSR count). The minimum Gasteiger partial charge on any atom is -0.462 e. The average Bonchev–Trinajstić information content (AvgIpc) is 2.65. The van der Waals surface area contributed by atoms with Crippen LogP contribution < -0.4 is 5.43 Å². The van der Waals surface area contributed by atoms with Gasteiger partial charge in [-0.15, -0.1) is 0 Å². The average molecular weight is 343 g/mol. The van der Waals surface area contributed by atoms with Crippen LogP contribution in [0, 0.1) is 0 Å². The maximum atomic E-state index is 12.8. The van der Waals surface area contributed by atoms with E-state index >= 15 is 0 Å². The van der Waals surface area contributed by atoms with Crippen molar-refractivity contribution in [3.8, 4) is 0 Å². The topological polar surface area (TPSA) is 80.1 Å². The molecule has 2 aromatic carbocycles. The van der Waals surface area contributed by atoms with Gasteiger partial charge in [0.25, 0.3) is 0 Å². The third-order valence-electron chi connectivity index (χ3n) is 3.24. The van der Waals surface area contributed by atoms with E-state index in [9.17, 15) is 14.0 Å². The SMILES string of the molecule is CCOC(=O)c1ccc(NN=NCCF)c(C(=O)c2ccccc2)c1. The Balaban J connectivity index is 2.38. The number of ketones is 1. The molecule has 0 unspecified atom stereocenters. The van der Waals surface area contributed by atoms with Crippen LogP contribution in [0.1, 0.15) is 33.2 Å². The number of carbonyl (C=O) groups is 2. The summed E-state index contributed by atoms with van der Waals surface area (Å²) < 4.78 is 17.0. The summed E-state index contributed by atoms with van der Waals surface area (Å²) in [6.45, 7) is 1.24. The molecule has 2 aromatic rings. The van der Waals surface area contributed by atoms with Gasteiger partial charge in [0.2, 0.25) is 0 Å². The molecule has 0 saturated carbocycles. The quantitative estimate of drug-likeness (QED) is 0.342. The monoisotopic (exact) mass is 343 g/mol. The van der Waals surface area contributed by atoms with Crippen molar-refractivity contribution in [1.29, 1.82) is 0 Å². The van der Waals surface area contributed by atoms with Crippen LogP contribution in [-0.2, 0) is 4.74 Å². The van der Waals surface area contributed by atoms with Gasteiger partial charge in [0.1, 0.15) is 6.67 Å². The maximum Gasteiger partial charge on any atom is 0.338 e. The van der Waals surface area contributed by atoms with Crippen LogP contribution in [0.25, 0.3) is 0 Å². The van der Waals surface area contributed by atoms with Gasteiger partial charge in [-0.1, -0.05) is 35.6 Å². The number of rotatable bonds is 8. The zero-order valence-corrected chi connectivity index (χ0v) is 13.7. The Hall–Kier alpha value is -3.09. The smallest absolute Gasteiger partial charge is 0.338 e. The minimum atomic E-state index is -0.622. The highest BCUT2D eigenvalue weighted by atomic mass is 19.1. The summed E-state index contributed by atoms with van der Waals surface area (Å²) in [4.78, 5) is 24.7. The molecule has 0 amide bonds. The first kappa shape index (κ1) is 18.3. The lowest BCUT2D eigenvalue weighted by Gasteiger charge is -2.10. The molecule has 0 aliphatic rings. The summed E-state index contributed by atoms with van der Waals surface area (Å²) in [6, 6.07) is 13.1. The number of esters is 1. The number of benzene rings is 2. The van der Waals surface area contributed by atoms with Crippen molar-refractivity contribution in [2.24, 2.45) is 10.3 Å². The van der Waals surface area contributed by atoms with E-state index in [1.807, 2.05) is 0 Å². The fraction of sp³-hybridized carbons (Fsp3) is 0.222. The summed E-state index contributed by atoms with van der Waals surface area (Å²) in [6.07, 6.45) is 0. The number of ether oxygens (including phenoxy) is 1. The molecule has 0 fully saturated rings. The van der Waals surface area contributed by atoms with E-state index in [2.05, 4.69) is 15.8 Å². The van der Waals surface area contributed by atoms with Gasteiger partial charge >= 0.3 is 5.97 Å². The van der Waals surface area contributed by atoms with E-state index in [1.165, 1.54) is 18.2 Å². The molecular weight excluding hydrogens is 325 g/mol. The van der Waals surface area contributed by atoms with Gasteiger partial charge in [-0.3, -0.25) is 10.2 Å². The highest BCUT2D eigenvalue weighted by Gasteiger charge is 2.17. The number of nitrogens with zero attached hydrogens (tertiary/aromatic N) is 2. The maximum absolute atomic E-state index is 12.8. The second-order valence-electron chi connectivity index (χ2n) is 4.94. The van der Waals surface area contributed by atoms with Gasteiger partial charge in [-0.05, 0) is 25.1 Å². The van der Waals surface area contributed by atoms with Gasteiger partial charge in [-0.2, -0.15) is 5.11 Å². The number of carbonyl (C=O) groups excluding carboxylic acids is 2. The summed E-state index contributed by atoms with van der Waals surface area (Å²) in [7, 11) is 0. The molecule has 0 aromatic heterocycles. The number of anilines is 1. The molecule has 25 heavy (non-hydrogen) atoms. The highest BCUT2D eigenvalue weighted by Crippen LogP contribution is 2.22. The van der Waals surface area contributed by atoms with Crippen molar-refractivity contribution >= 4 is 17.4 Å². The second kappa shape index (κ2) is 9.27. The molecule has 130 valence electrons. The van der Waals surface area contributed by atoms with Crippen molar-refractivity contribution in [2.45, 2.75) is 6.92 Å². The molecule has 0 bridgehead atoms. The number of nitrogens with one attached hydrogen (secondary N) is 1. The predicted molar refractivity (Wildman–Crippen MR) is 91.6 cm³/mol. The third kappa shape index (κ3) is 4.94. The van der Waals surface area contributed by atoms with Crippen molar-refractivity contribution in [3.63, 3.8) is 0 Å². The first-order valence-corrected chi connectivity index (χ1v) is 7.76. The van der Waals surface area contributed by atoms with Gasteiger partial charge in [0, 0.05) is 11.1 Å². The normalized spacial score (nSPS) is 10.6. The molecule has 1 N–H and O–H groups in total. The molecule has 0 aliphatic carbocycles. The Morgan fingerprint density at radius 2 is 1.88 bits per heavy atom. The lowest BCUT2D eigenvalue weighted by molar-refractivity contribution is 0.0526. The molecule has 0 spiro atoms. The van der Waals surface area contributed by atoms with Gasteiger partial charge in [-0.25, -0.2) is 9.18 Å². The Morgan fingerprint density at radius 1 is 1.12 bits per heavy atom. The Bertz CT molecular complexity index is 763. The Kier molecular flexibility index (Phi) is 6.76. The van der Waals surface area contributed by atoms with Crippen LogP contribution in [0.5, 0.6) is 0 Å². The molecule has 0 aliphatic heterocycles. The lowest BCUT2D eigenvalue weighted by atomic mass is 9.99. The van der Waals surface area contributed by atoms with E-state index in [-0.39, 0.29) is 30.1 Å². The Morgan fingerprint density at radius 3 is 2.56 bits per heavy atom. The van der Waals surface area contributed by atoms with E-state index in [4.69, 9.17) is 4.74 Å². The largest absolute Gasteiger partial charge is 0.462 e.